The first kappa shape index (κ1) is 12.7. The fraction of sp³-hybridized carbons (Fsp3) is 0.800. The van der Waals surface area contributed by atoms with Crippen LogP contribution in [-0.4, -0.2) is 12.1 Å². The van der Waals surface area contributed by atoms with Crippen molar-refractivity contribution >= 4 is 5.97 Å². The molecule has 2 nitrogen and oxygen atoms in total. The van der Waals surface area contributed by atoms with Crippen LogP contribution in [0, 0.1) is 11.8 Å². The minimum Gasteiger partial charge on any atom is -0.459 e. The molecule has 0 bridgehead atoms. The van der Waals surface area contributed by atoms with Gasteiger partial charge in [0.25, 0.3) is 0 Å². The number of hydrogen-bond acceptors (Lipinski definition) is 2. The fourth-order valence-corrected chi connectivity index (χ4v) is 3.36. The van der Waals surface area contributed by atoms with Gasteiger partial charge < -0.3 is 4.74 Å². The molecule has 2 aliphatic rings. The molecule has 0 radical (unpaired) electrons. The van der Waals surface area contributed by atoms with Crippen LogP contribution in [0.5, 0.6) is 0 Å². The molecule has 3 atom stereocenters. The zero-order chi connectivity index (χ0) is 12.3. The maximum absolute atomic E-state index is 11.8. The zero-order valence-electron chi connectivity index (χ0n) is 10.9. The molecule has 0 saturated heterocycles. The van der Waals surface area contributed by atoms with Gasteiger partial charge in [-0.3, -0.25) is 0 Å². The van der Waals surface area contributed by atoms with Gasteiger partial charge in [0.1, 0.15) is 6.10 Å². The molecule has 2 fully saturated rings. The standard InChI is InChI=1S/C15H24O2/c1-3-11(2)15(16)17-14-10-9-12-7-5-4-6-8-13(12)14/h12-14H,2-10H2,1H3. The highest BCUT2D eigenvalue weighted by atomic mass is 16.5. The molecule has 3 unspecified atom stereocenters. The molecule has 2 aliphatic carbocycles. The van der Waals surface area contributed by atoms with Gasteiger partial charge in [-0.15, -0.1) is 0 Å². The fourth-order valence-electron chi connectivity index (χ4n) is 3.36. The second-order valence-electron chi connectivity index (χ2n) is 5.54. The van der Waals surface area contributed by atoms with E-state index in [1.165, 1.54) is 38.5 Å². The van der Waals surface area contributed by atoms with Crippen molar-refractivity contribution in [1.82, 2.24) is 0 Å². The number of ether oxygens (including phenoxy) is 1. The predicted octanol–water partition coefficient (Wildman–Crippen LogP) is 3.85. The van der Waals surface area contributed by atoms with Crippen LogP contribution in [0.4, 0.5) is 0 Å². The average Bonchev–Trinajstić information content (AvgIpc) is 2.58. The number of carbonyl (C=O) groups is 1. The monoisotopic (exact) mass is 236 g/mol. The van der Waals surface area contributed by atoms with E-state index in [0.29, 0.717) is 17.9 Å². The zero-order valence-corrected chi connectivity index (χ0v) is 10.9. The van der Waals surface area contributed by atoms with E-state index in [9.17, 15) is 4.79 Å². The molecule has 0 aromatic rings. The van der Waals surface area contributed by atoms with Crippen LogP contribution in [0.2, 0.25) is 0 Å². The second-order valence-corrected chi connectivity index (χ2v) is 5.54. The largest absolute Gasteiger partial charge is 0.459 e. The Morgan fingerprint density at radius 3 is 2.71 bits per heavy atom. The molecule has 0 aromatic carbocycles. The van der Waals surface area contributed by atoms with E-state index in [2.05, 4.69) is 6.58 Å². The van der Waals surface area contributed by atoms with E-state index < -0.39 is 0 Å². The van der Waals surface area contributed by atoms with Gasteiger partial charge >= 0.3 is 5.97 Å². The van der Waals surface area contributed by atoms with Crippen LogP contribution in [0.3, 0.4) is 0 Å². The second kappa shape index (κ2) is 5.70. The normalized spacial score (nSPS) is 32.6. The van der Waals surface area contributed by atoms with Crippen molar-refractivity contribution in [3.05, 3.63) is 12.2 Å². The van der Waals surface area contributed by atoms with Crippen molar-refractivity contribution in [2.24, 2.45) is 11.8 Å². The number of esters is 1. The summed E-state index contributed by atoms with van der Waals surface area (Å²) in [6, 6.07) is 0. The maximum Gasteiger partial charge on any atom is 0.333 e. The highest BCUT2D eigenvalue weighted by Crippen LogP contribution is 2.42. The summed E-state index contributed by atoms with van der Waals surface area (Å²) in [6.45, 7) is 5.71. The number of carbonyl (C=O) groups excluding carboxylic acids is 1. The number of fused-ring (bicyclic) bond motifs is 1. The third-order valence-corrected chi connectivity index (χ3v) is 4.49. The van der Waals surface area contributed by atoms with Gasteiger partial charge in [0.15, 0.2) is 0 Å². The summed E-state index contributed by atoms with van der Waals surface area (Å²) < 4.78 is 5.65. The van der Waals surface area contributed by atoms with Gasteiger partial charge in [-0.25, -0.2) is 4.79 Å². The third kappa shape index (κ3) is 2.91. The molecule has 0 N–H and O–H groups in total. The Morgan fingerprint density at radius 2 is 1.94 bits per heavy atom. The van der Waals surface area contributed by atoms with Crippen LogP contribution in [-0.2, 0) is 9.53 Å². The lowest BCUT2D eigenvalue weighted by Gasteiger charge is -2.23. The molecule has 0 spiro atoms. The van der Waals surface area contributed by atoms with E-state index in [-0.39, 0.29) is 12.1 Å². The lowest BCUT2D eigenvalue weighted by atomic mass is 9.90. The van der Waals surface area contributed by atoms with Crippen LogP contribution in [0.1, 0.15) is 58.3 Å². The van der Waals surface area contributed by atoms with Gasteiger partial charge in [0, 0.05) is 5.57 Å². The molecule has 0 amide bonds. The Labute approximate surface area is 104 Å². The van der Waals surface area contributed by atoms with Gasteiger partial charge in [-0.2, -0.15) is 0 Å². The van der Waals surface area contributed by atoms with Crippen molar-refractivity contribution in [1.29, 1.82) is 0 Å². The first-order valence-corrected chi connectivity index (χ1v) is 7.11. The van der Waals surface area contributed by atoms with Crippen LogP contribution in [0.15, 0.2) is 12.2 Å². The molecule has 17 heavy (non-hydrogen) atoms. The van der Waals surface area contributed by atoms with E-state index in [0.717, 1.165) is 12.3 Å². The molecule has 96 valence electrons. The van der Waals surface area contributed by atoms with Crippen LogP contribution < -0.4 is 0 Å². The molecule has 0 heterocycles. The van der Waals surface area contributed by atoms with Gasteiger partial charge in [0.2, 0.25) is 0 Å². The van der Waals surface area contributed by atoms with E-state index >= 15 is 0 Å². The number of rotatable bonds is 3. The lowest BCUT2D eigenvalue weighted by Crippen LogP contribution is -2.25. The van der Waals surface area contributed by atoms with Crippen molar-refractivity contribution in [2.75, 3.05) is 0 Å². The van der Waals surface area contributed by atoms with Crippen molar-refractivity contribution < 1.29 is 9.53 Å². The summed E-state index contributed by atoms with van der Waals surface area (Å²) >= 11 is 0. The lowest BCUT2D eigenvalue weighted by molar-refractivity contribution is -0.146. The molecule has 2 heteroatoms. The molecule has 2 saturated carbocycles. The van der Waals surface area contributed by atoms with E-state index in [4.69, 9.17) is 4.74 Å². The third-order valence-electron chi connectivity index (χ3n) is 4.49. The first-order chi connectivity index (χ1) is 8.22. The van der Waals surface area contributed by atoms with Crippen LogP contribution >= 0.6 is 0 Å². The molecular weight excluding hydrogens is 212 g/mol. The summed E-state index contributed by atoms with van der Waals surface area (Å²) in [6.07, 6.45) is 9.81. The Hall–Kier alpha value is -0.790. The van der Waals surface area contributed by atoms with E-state index in [1.807, 2.05) is 6.92 Å². The van der Waals surface area contributed by atoms with Gasteiger partial charge in [0.05, 0.1) is 0 Å². The summed E-state index contributed by atoms with van der Waals surface area (Å²) in [4.78, 5) is 11.8. The van der Waals surface area contributed by atoms with E-state index in [1.54, 1.807) is 0 Å². The first-order valence-electron chi connectivity index (χ1n) is 7.11. The summed E-state index contributed by atoms with van der Waals surface area (Å²) in [5.41, 5.74) is 0.613. The Morgan fingerprint density at radius 1 is 1.18 bits per heavy atom. The minimum atomic E-state index is -0.164. The maximum atomic E-state index is 11.8. The summed E-state index contributed by atoms with van der Waals surface area (Å²) in [5.74, 6) is 1.28. The van der Waals surface area contributed by atoms with Gasteiger partial charge in [-0.1, -0.05) is 39.2 Å². The molecule has 0 aliphatic heterocycles. The SMILES string of the molecule is C=C(CC)C(=O)OC1CCC2CCCCCC21. The van der Waals surface area contributed by atoms with Crippen LogP contribution in [0.25, 0.3) is 0 Å². The summed E-state index contributed by atoms with van der Waals surface area (Å²) in [5, 5.41) is 0. The minimum absolute atomic E-state index is 0.164. The highest BCUT2D eigenvalue weighted by Gasteiger charge is 2.38. The van der Waals surface area contributed by atoms with Crippen molar-refractivity contribution in [3.8, 4) is 0 Å². The Balaban J connectivity index is 1.93. The van der Waals surface area contributed by atoms with Crippen molar-refractivity contribution in [3.63, 3.8) is 0 Å². The average molecular weight is 236 g/mol. The summed E-state index contributed by atoms with van der Waals surface area (Å²) in [7, 11) is 0. The predicted molar refractivity (Wildman–Crippen MR) is 68.6 cm³/mol. The molecule has 0 aromatic heterocycles. The number of hydrogen-bond donors (Lipinski definition) is 0. The Bertz CT molecular complexity index is 295. The highest BCUT2D eigenvalue weighted by molar-refractivity contribution is 5.87. The van der Waals surface area contributed by atoms with Crippen molar-refractivity contribution in [2.45, 2.75) is 64.4 Å². The molecular formula is C15H24O2. The Kier molecular flexibility index (Phi) is 4.25. The smallest absolute Gasteiger partial charge is 0.333 e. The van der Waals surface area contributed by atoms with Gasteiger partial charge in [-0.05, 0) is 37.5 Å². The topological polar surface area (TPSA) is 26.3 Å². The molecule has 2 rings (SSSR count). The quantitative estimate of drug-likeness (QED) is 0.549.